The number of benzene rings is 5. The minimum Gasteiger partial charge on any atom is -0.485 e. The van der Waals surface area contributed by atoms with Crippen molar-refractivity contribution in [2.24, 2.45) is 4.99 Å². The van der Waals surface area contributed by atoms with Crippen molar-refractivity contribution < 1.29 is 23.7 Å². The summed E-state index contributed by atoms with van der Waals surface area (Å²) in [5.74, 6) is 0.766. The van der Waals surface area contributed by atoms with Gasteiger partial charge >= 0.3 is 5.97 Å². The number of aliphatic imine (C=N–C) groups is 1. The van der Waals surface area contributed by atoms with Gasteiger partial charge in [0.1, 0.15) is 19.8 Å². The monoisotopic (exact) mass is 603 g/mol. The Bertz CT molecular complexity index is 1710. The maximum atomic E-state index is 13.5. The molecule has 6 rings (SSSR count). The van der Waals surface area contributed by atoms with Crippen molar-refractivity contribution in [3.8, 4) is 11.5 Å². The van der Waals surface area contributed by atoms with Gasteiger partial charge in [-0.15, -0.1) is 0 Å². The van der Waals surface area contributed by atoms with Gasteiger partial charge < -0.3 is 18.9 Å². The Hall–Kier alpha value is -5.07. The van der Waals surface area contributed by atoms with Gasteiger partial charge in [-0.05, 0) is 34.9 Å². The molecule has 5 aromatic rings. The van der Waals surface area contributed by atoms with Gasteiger partial charge in [-0.2, -0.15) is 0 Å². The Balaban J connectivity index is 1.31. The van der Waals surface area contributed by atoms with Crippen LogP contribution in [0.4, 0.5) is 0 Å². The van der Waals surface area contributed by atoms with Gasteiger partial charge in [0, 0.05) is 17.2 Å². The van der Waals surface area contributed by atoms with Crippen LogP contribution >= 0.6 is 11.6 Å². The molecule has 0 spiro atoms. The molecule has 220 valence electrons. The fraction of sp³-hybridized carbons (Fsp3) is 0.135. The molecule has 0 N–H and O–H groups in total. The second kappa shape index (κ2) is 13.9. The summed E-state index contributed by atoms with van der Waals surface area (Å²) in [6.45, 7) is 0.752. The molecule has 0 saturated carbocycles. The van der Waals surface area contributed by atoms with E-state index in [0.717, 1.165) is 22.3 Å². The summed E-state index contributed by atoms with van der Waals surface area (Å²) in [7, 11) is 0. The van der Waals surface area contributed by atoms with E-state index < -0.39 is 18.1 Å². The molecule has 6 nitrogen and oxygen atoms in total. The quantitative estimate of drug-likeness (QED) is 0.143. The van der Waals surface area contributed by atoms with E-state index in [1.165, 1.54) is 0 Å². The molecule has 0 amide bonds. The molecular formula is C37H30ClNO5. The first-order chi connectivity index (χ1) is 21.6. The molecule has 0 fully saturated rings. The van der Waals surface area contributed by atoms with Crippen LogP contribution in [-0.4, -0.2) is 17.9 Å². The fourth-order valence-corrected chi connectivity index (χ4v) is 5.08. The molecule has 0 bridgehead atoms. The van der Waals surface area contributed by atoms with Crippen molar-refractivity contribution in [1.82, 2.24) is 0 Å². The molecule has 2 unspecified atom stereocenters. The van der Waals surface area contributed by atoms with E-state index in [-0.39, 0.29) is 6.61 Å². The van der Waals surface area contributed by atoms with Crippen molar-refractivity contribution in [2.75, 3.05) is 0 Å². The highest BCUT2D eigenvalue weighted by Crippen LogP contribution is 2.42. The predicted octanol–water partition coefficient (Wildman–Crippen LogP) is 8.13. The fourth-order valence-electron chi connectivity index (χ4n) is 4.82. The zero-order chi connectivity index (χ0) is 30.1. The summed E-state index contributed by atoms with van der Waals surface area (Å²) in [5, 5.41) is 0.357. The van der Waals surface area contributed by atoms with Crippen molar-refractivity contribution in [2.45, 2.75) is 32.0 Å². The van der Waals surface area contributed by atoms with E-state index in [9.17, 15) is 4.79 Å². The van der Waals surface area contributed by atoms with E-state index >= 15 is 0 Å². The third-order valence-electron chi connectivity index (χ3n) is 7.11. The Morgan fingerprint density at radius 2 is 1.14 bits per heavy atom. The van der Waals surface area contributed by atoms with E-state index in [1.807, 2.05) is 121 Å². The molecule has 0 saturated heterocycles. The van der Waals surface area contributed by atoms with Gasteiger partial charge in [0.05, 0.1) is 5.02 Å². The predicted molar refractivity (Wildman–Crippen MR) is 170 cm³/mol. The highest BCUT2D eigenvalue weighted by Gasteiger charge is 2.41. The van der Waals surface area contributed by atoms with Gasteiger partial charge in [-0.1, -0.05) is 121 Å². The molecule has 0 aliphatic carbocycles. The summed E-state index contributed by atoms with van der Waals surface area (Å²) < 4.78 is 24.5. The second-order valence-corrected chi connectivity index (χ2v) is 10.7. The third kappa shape index (κ3) is 7.10. The van der Waals surface area contributed by atoms with E-state index in [0.29, 0.717) is 41.2 Å². The summed E-state index contributed by atoms with van der Waals surface area (Å²) in [5.41, 5.74) is 4.15. The van der Waals surface area contributed by atoms with E-state index in [2.05, 4.69) is 4.99 Å². The molecule has 0 radical (unpaired) electrons. The summed E-state index contributed by atoms with van der Waals surface area (Å²) >= 11 is 6.90. The van der Waals surface area contributed by atoms with Crippen molar-refractivity contribution in [3.63, 3.8) is 0 Å². The zero-order valence-corrected chi connectivity index (χ0v) is 24.6. The number of esters is 1. The first kappa shape index (κ1) is 29.0. The average Bonchev–Trinajstić information content (AvgIpc) is 3.53. The number of carbonyl (C=O) groups is 1. The molecule has 7 heteroatoms. The number of rotatable bonds is 11. The summed E-state index contributed by atoms with van der Waals surface area (Å²) in [6.07, 6.45) is -0.844. The smallest absolute Gasteiger partial charge is 0.335 e. The van der Waals surface area contributed by atoms with Crippen LogP contribution in [0.15, 0.2) is 138 Å². The summed E-state index contributed by atoms with van der Waals surface area (Å²) in [4.78, 5) is 18.2. The van der Waals surface area contributed by atoms with Crippen LogP contribution in [0.25, 0.3) is 0 Å². The van der Waals surface area contributed by atoms with E-state index in [4.69, 9.17) is 30.5 Å². The van der Waals surface area contributed by atoms with Crippen LogP contribution < -0.4 is 9.47 Å². The normalized spacial score (nSPS) is 15.6. The first-order valence-corrected chi connectivity index (χ1v) is 14.7. The van der Waals surface area contributed by atoms with Crippen LogP contribution in [0.1, 0.15) is 33.9 Å². The Labute approximate surface area is 261 Å². The van der Waals surface area contributed by atoms with E-state index in [1.54, 1.807) is 12.1 Å². The lowest BCUT2D eigenvalue weighted by atomic mass is 10.0. The maximum absolute atomic E-state index is 13.5. The average molecular weight is 604 g/mol. The Morgan fingerprint density at radius 3 is 1.68 bits per heavy atom. The Kier molecular flexibility index (Phi) is 9.19. The van der Waals surface area contributed by atoms with Crippen LogP contribution in [0.5, 0.6) is 11.5 Å². The highest BCUT2D eigenvalue weighted by atomic mass is 35.5. The molecule has 44 heavy (non-hydrogen) atoms. The number of hydrogen-bond donors (Lipinski definition) is 0. The molecular weight excluding hydrogens is 574 g/mol. The number of hydrogen-bond acceptors (Lipinski definition) is 6. The molecule has 1 aliphatic heterocycles. The SMILES string of the molecule is O=C(OCc1ccccc1)C1N=C(c2ccccc2)OC1c1cc(OCc2ccccc2)c(OCc2ccccc2)cc1Cl. The lowest BCUT2D eigenvalue weighted by Crippen LogP contribution is -2.26. The molecule has 5 aromatic carbocycles. The summed E-state index contributed by atoms with van der Waals surface area (Å²) in [6, 6.07) is 41.1. The van der Waals surface area contributed by atoms with Crippen LogP contribution in [0.2, 0.25) is 5.02 Å². The van der Waals surface area contributed by atoms with Gasteiger partial charge in [-0.25, -0.2) is 9.79 Å². The minimum atomic E-state index is -0.982. The molecule has 1 aliphatic rings. The van der Waals surface area contributed by atoms with Crippen LogP contribution in [0, 0.1) is 0 Å². The molecule has 2 atom stereocenters. The minimum absolute atomic E-state index is 0.116. The topological polar surface area (TPSA) is 66.4 Å². The van der Waals surface area contributed by atoms with Crippen molar-refractivity contribution in [3.05, 3.63) is 166 Å². The molecule has 0 aromatic heterocycles. The molecule has 1 heterocycles. The zero-order valence-electron chi connectivity index (χ0n) is 23.8. The van der Waals surface area contributed by atoms with Crippen molar-refractivity contribution in [1.29, 1.82) is 0 Å². The van der Waals surface area contributed by atoms with Crippen LogP contribution in [-0.2, 0) is 34.1 Å². The third-order valence-corrected chi connectivity index (χ3v) is 7.44. The Morgan fingerprint density at radius 1 is 0.659 bits per heavy atom. The van der Waals surface area contributed by atoms with Gasteiger partial charge in [0.25, 0.3) is 0 Å². The van der Waals surface area contributed by atoms with Gasteiger partial charge in [0.2, 0.25) is 5.90 Å². The number of nitrogens with zero attached hydrogens (tertiary/aromatic N) is 1. The largest absolute Gasteiger partial charge is 0.485 e. The standard InChI is InChI=1S/C37H30ClNO5/c38-31-22-33(42-24-27-15-7-2-8-16-27)32(41-23-26-13-5-1-6-14-26)21-30(31)35-34(37(40)43-25-28-17-9-3-10-18-28)39-36(44-35)29-19-11-4-12-20-29/h1-22,34-35H,23-25H2. The second-order valence-electron chi connectivity index (χ2n) is 10.2. The maximum Gasteiger partial charge on any atom is 0.335 e. The highest BCUT2D eigenvalue weighted by molar-refractivity contribution is 6.31. The van der Waals surface area contributed by atoms with Crippen molar-refractivity contribution >= 4 is 23.5 Å². The first-order valence-electron chi connectivity index (χ1n) is 14.3. The number of halogens is 1. The lowest BCUT2D eigenvalue weighted by molar-refractivity contribution is -0.148. The van der Waals surface area contributed by atoms with Gasteiger partial charge in [-0.3, -0.25) is 0 Å². The number of ether oxygens (including phenoxy) is 4. The van der Waals surface area contributed by atoms with Crippen LogP contribution in [0.3, 0.4) is 0 Å². The van der Waals surface area contributed by atoms with Gasteiger partial charge in [0.15, 0.2) is 23.6 Å². The number of carbonyl (C=O) groups excluding carboxylic acids is 1. The lowest BCUT2D eigenvalue weighted by Gasteiger charge is -2.21.